The van der Waals surface area contributed by atoms with E-state index in [1.54, 1.807) is 30.3 Å². The summed E-state index contributed by atoms with van der Waals surface area (Å²) in [4.78, 5) is 40.4. The van der Waals surface area contributed by atoms with E-state index >= 15 is 0 Å². The smallest absolute Gasteiger partial charge is 0.307 e. The van der Waals surface area contributed by atoms with Crippen molar-refractivity contribution in [2.75, 3.05) is 25.5 Å². The molecule has 0 spiro atoms. The van der Waals surface area contributed by atoms with Gasteiger partial charge < -0.3 is 9.80 Å². The van der Waals surface area contributed by atoms with Crippen molar-refractivity contribution in [2.24, 2.45) is 0 Å². The average Bonchev–Trinajstić information content (AvgIpc) is 3.66. The average molecular weight is 672 g/mol. The number of nitrogens with one attached hydrogen (secondary N) is 2. The normalized spacial score (nSPS) is 13.3. The zero-order valence-corrected chi connectivity index (χ0v) is 25.4. The predicted molar refractivity (Wildman–Crippen MR) is 164 cm³/mol. The summed E-state index contributed by atoms with van der Waals surface area (Å²) in [6, 6.07) is 21.9. The van der Waals surface area contributed by atoms with Crippen LogP contribution in [0.1, 0.15) is 27.3 Å². The van der Waals surface area contributed by atoms with Crippen molar-refractivity contribution >= 4 is 17.9 Å². The van der Waals surface area contributed by atoms with E-state index in [9.17, 15) is 35.9 Å². The molecule has 0 atom stereocenters. The van der Waals surface area contributed by atoms with Crippen molar-refractivity contribution in [3.05, 3.63) is 106 Å². The molecule has 16 heteroatoms. The van der Waals surface area contributed by atoms with Crippen molar-refractivity contribution in [3.63, 3.8) is 0 Å². The second-order valence-electron chi connectivity index (χ2n) is 10.9. The number of aromatic nitrogens is 5. The number of para-hydroxylation sites is 1. The first kappa shape index (κ1) is 33.8. The van der Waals surface area contributed by atoms with Gasteiger partial charge in [0.05, 0.1) is 5.69 Å². The lowest BCUT2D eigenvalue weighted by Crippen LogP contribution is -2.39. The summed E-state index contributed by atoms with van der Waals surface area (Å²) in [6.45, 7) is 0.815. The summed E-state index contributed by atoms with van der Waals surface area (Å²) in [5.74, 6) is -0.496. The summed E-state index contributed by atoms with van der Waals surface area (Å²) < 4.78 is 74.6. The van der Waals surface area contributed by atoms with Crippen LogP contribution in [0.3, 0.4) is 0 Å². The van der Waals surface area contributed by atoms with Crippen LogP contribution in [0.2, 0.25) is 0 Å². The number of carbonyl (C=O) groups excluding carboxylic acids is 2. The minimum atomic E-state index is -4.77. The maximum absolute atomic E-state index is 14.1. The van der Waals surface area contributed by atoms with Gasteiger partial charge >= 0.3 is 18.0 Å². The molecule has 3 heterocycles. The maximum Gasteiger partial charge on any atom is 0.446 e. The predicted octanol–water partition coefficient (Wildman–Crippen LogP) is 5.65. The van der Waals surface area contributed by atoms with Crippen molar-refractivity contribution < 1.29 is 35.9 Å². The van der Waals surface area contributed by atoms with Crippen molar-refractivity contribution in [1.29, 1.82) is 0 Å². The van der Waals surface area contributed by atoms with Crippen LogP contribution in [0.15, 0.2) is 77.6 Å². The highest BCUT2D eigenvalue weighted by molar-refractivity contribution is 6.08. The number of rotatable bonds is 6. The minimum absolute atomic E-state index is 0.0370. The summed E-state index contributed by atoms with van der Waals surface area (Å²) in [6.07, 6.45) is -10.5. The lowest BCUT2D eigenvalue weighted by Gasteiger charge is -2.28. The number of benzene rings is 3. The number of H-pyrrole nitrogens is 2. The van der Waals surface area contributed by atoms with Gasteiger partial charge in [-0.2, -0.15) is 36.5 Å². The zero-order chi connectivity index (χ0) is 34.8. The molecule has 0 saturated carbocycles. The zero-order valence-electron chi connectivity index (χ0n) is 25.4. The van der Waals surface area contributed by atoms with E-state index in [0.29, 0.717) is 11.3 Å². The van der Waals surface area contributed by atoms with Crippen LogP contribution >= 0.6 is 0 Å². The molecule has 0 aliphatic carbocycles. The van der Waals surface area contributed by atoms with E-state index in [-0.39, 0.29) is 35.7 Å². The third kappa shape index (κ3) is 7.22. The van der Waals surface area contributed by atoms with Crippen molar-refractivity contribution in [2.45, 2.75) is 25.3 Å². The summed E-state index contributed by atoms with van der Waals surface area (Å²) in [7, 11) is 4.00. The van der Waals surface area contributed by atoms with Crippen LogP contribution < -0.4 is 10.6 Å². The molecule has 250 valence electrons. The van der Waals surface area contributed by atoms with Gasteiger partial charge in [-0.05, 0) is 61.5 Å². The molecule has 1 aliphatic heterocycles. The largest absolute Gasteiger partial charge is 0.446 e. The first-order valence-corrected chi connectivity index (χ1v) is 14.3. The molecule has 1 amide bonds. The molecule has 0 bridgehead atoms. The van der Waals surface area contributed by atoms with Crippen LogP contribution in [0.5, 0.6) is 0 Å². The molecule has 6 rings (SSSR count). The molecule has 48 heavy (non-hydrogen) atoms. The van der Waals surface area contributed by atoms with Gasteiger partial charge in [-0.1, -0.05) is 48.5 Å². The van der Waals surface area contributed by atoms with Gasteiger partial charge in [0.15, 0.2) is 11.5 Å². The number of hydrogen-bond donors (Lipinski definition) is 2. The highest BCUT2D eigenvalue weighted by Crippen LogP contribution is 2.38. The SMILES string of the molecule is CN(C)Cc1ccccc1-c1ccc(N2CCc3c(C(F)(F)F)nn(-c4ccccc4-c4n[nH]c(=O)[nH]4)c3C2=O)cc1.O=CC(F)(F)F. The molecule has 3 aromatic carbocycles. The van der Waals surface area contributed by atoms with Gasteiger partial charge in [-0.25, -0.2) is 14.6 Å². The number of aromatic amines is 2. The quantitative estimate of drug-likeness (QED) is 0.178. The number of nitrogens with zero attached hydrogens (tertiary/aromatic N) is 5. The Hall–Kier alpha value is -5.51. The highest BCUT2D eigenvalue weighted by Gasteiger charge is 2.43. The molecular formula is C32H27F6N7O3. The molecular weight excluding hydrogens is 644 g/mol. The Kier molecular flexibility index (Phi) is 9.38. The third-order valence-corrected chi connectivity index (χ3v) is 7.30. The van der Waals surface area contributed by atoms with Crippen LogP contribution in [-0.2, 0) is 23.9 Å². The molecule has 5 aromatic rings. The molecule has 2 N–H and O–H groups in total. The Morgan fingerprint density at radius 3 is 2.10 bits per heavy atom. The summed E-state index contributed by atoms with van der Waals surface area (Å²) in [5, 5.41) is 10.1. The fraction of sp³-hybridized carbons (Fsp3) is 0.219. The number of fused-ring (bicyclic) bond motifs is 1. The number of alkyl halides is 6. The minimum Gasteiger partial charge on any atom is -0.307 e. The maximum atomic E-state index is 14.1. The van der Waals surface area contributed by atoms with E-state index in [1.807, 2.05) is 44.4 Å². The second kappa shape index (κ2) is 13.3. The van der Waals surface area contributed by atoms with Gasteiger partial charge in [-0.3, -0.25) is 14.6 Å². The van der Waals surface area contributed by atoms with Gasteiger partial charge in [0.25, 0.3) is 5.91 Å². The van der Waals surface area contributed by atoms with Gasteiger partial charge in [0.2, 0.25) is 6.29 Å². The Labute approximate surface area is 268 Å². The molecule has 0 radical (unpaired) electrons. The second-order valence-corrected chi connectivity index (χ2v) is 10.9. The van der Waals surface area contributed by atoms with E-state index < -0.39 is 35.9 Å². The number of carbonyl (C=O) groups is 2. The monoisotopic (exact) mass is 671 g/mol. The number of amides is 1. The number of aldehydes is 1. The summed E-state index contributed by atoms with van der Waals surface area (Å²) in [5.41, 5.74) is 2.19. The standard InChI is InChI=1S/C30H26F3N7O2.C2HF3O/c1-38(2)17-19-7-3-4-8-21(19)18-11-13-20(14-12-18)39-16-15-23-25(28(39)41)40(37-26(23)30(31,32)33)24-10-6-5-9-22(24)27-34-29(42)36-35-27;3-2(4,5)1-6/h3-14H,15-17H2,1-2H3,(H2,34,35,36,42);1H. The molecule has 0 unspecified atom stereocenters. The lowest BCUT2D eigenvalue weighted by atomic mass is 9.98. The molecule has 1 aliphatic rings. The molecule has 0 saturated heterocycles. The first-order chi connectivity index (χ1) is 22.7. The molecule has 0 fully saturated rings. The fourth-order valence-electron chi connectivity index (χ4n) is 5.37. The van der Waals surface area contributed by atoms with Gasteiger partial charge in [0.1, 0.15) is 5.69 Å². The number of hydrogen-bond acceptors (Lipinski definition) is 6. The number of halogens is 6. The van der Waals surface area contributed by atoms with Gasteiger partial charge in [-0.15, -0.1) is 0 Å². The first-order valence-electron chi connectivity index (χ1n) is 14.3. The third-order valence-electron chi connectivity index (χ3n) is 7.30. The number of anilines is 1. The molecule has 2 aromatic heterocycles. The van der Waals surface area contributed by atoms with Gasteiger partial charge in [0, 0.05) is 29.9 Å². The van der Waals surface area contributed by atoms with E-state index in [2.05, 4.69) is 31.2 Å². The van der Waals surface area contributed by atoms with Crippen LogP contribution in [0, 0.1) is 0 Å². The van der Waals surface area contributed by atoms with Crippen LogP contribution in [0.4, 0.5) is 32.0 Å². The topological polar surface area (TPSA) is 120 Å². The van der Waals surface area contributed by atoms with Crippen LogP contribution in [-0.4, -0.2) is 68.9 Å². The van der Waals surface area contributed by atoms with E-state index in [4.69, 9.17) is 4.79 Å². The van der Waals surface area contributed by atoms with Crippen molar-refractivity contribution in [3.8, 4) is 28.2 Å². The van der Waals surface area contributed by atoms with Crippen molar-refractivity contribution in [1.82, 2.24) is 29.9 Å². The van der Waals surface area contributed by atoms with E-state index in [0.717, 1.165) is 27.9 Å². The fourth-order valence-corrected chi connectivity index (χ4v) is 5.37. The Morgan fingerprint density at radius 2 is 1.52 bits per heavy atom. The Balaban J connectivity index is 0.000000689. The summed E-state index contributed by atoms with van der Waals surface area (Å²) >= 11 is 0. The van der Waals surface area contributed by atoms with E-state index in [1.165, 1.54) is 11.0 Å². The Morgan fingerprint density at radius 1 is 0.896 bits per heavy atom. The highest BCUT2D eigenvalue weighted by atomic mass is 19.4. The van der Waals surface area contributed by atoms with Crippen LogP contribution in [0.25, 0.3) is 28.2 Å². The molecule has 10 nitrogen and oxygen atoms in total. The Bertz CT molecular complexity index is 1990. The lowest BCUT2D eigenvalue weighted by molar-refractivity contribution is -0.156.